The minimum absolute atomic E-state index is 0.0406. The van der Waals surface area contributed by atoms with Crippen molar-refractivity contribution in [2.24, 2.45) is 0 Å². The van der Waals surface area contributed by atoms with Crippen molar-refractivity contribution in [3.8, 4) is 0 Å². The number of aromatic nitrogens is 2. The van der Waals surface area contributed by atoms with Crippen molar-refractivity contribution in [3.05, 3.63) is 18.2 Å². The van der Waals surface area contributed by atoms with Gasteiger partial charge in [-0.25, -0.2) is 4.98 Å². The van der Waals surface area contributed by atoms with Gasteiger partial charge in [-0.15, -0.1) is 0 Å². The van der Waals surface area contributed by atoms with Crippen LogP contribution in [0.1, 0.15) is 23.3 Å². The standard InChI is InChI=1S/C13H20N4O2/c1-16-6-7-19-12-3-5-17(4-2-11(12)16)13(18)10-8-14-9-15-10/h8-9,11-12H,2-7H2,1H3,(H,14,15). The number of nitrogens with one attached hydrogen (secondary N) is 1. The molecule has 2 aliphatic heterocycles. The molecule has 0 aliphatic carbocycles. The van der Waals surface area contributed by atoms with Crippen molar-refractivity contribution in [3.63, 3.8) is 0 Å². The SMILES string of the molecule is CN1CCOC2CCN(C(=O)c3cnc[nH]3)CCC21. The van der Waals surface area contributed by atoms with Crippen LogP contribution in [0.3, 0.4) is 0 Å². The lowest BCUT2D eigenvalue weighted by molar-refractivity contribution is -0.0617. The molecule has 0 bridgehead atoms. The van der Waals surface area contributed by atoms with E-state index in [2.05, 4.69) is 21.9 Å². The van der Waals surface area contributed by atoms with Crippen molar-refractivity contribution in [1.29, 1.82) is 0 Å². The minimum Gasteiger partial charge on any atom is -0.375 e. The number of rotatable bonds is 1. The van der Waals surface area contributed by atoms with Crippen LogP contribution in [-0.2, 0) is 4.74 Å². The predicted octanol–water partition coefficient (Wildman–Crippen LogP) is 0.345. The number of amides is 1. The molecule has 2 fully saturated rings. The van der Waals surface area contributed by atoms with Crippen molar-refractivity contribution >= 4 is 5.91 Å². The average Bonchev–Trinajstić information content (AvgIpc) is 2.85. The van der Waals surface area contributed by atoms with Crippen LogP contribution in [0, 0.1) is 0 Å². The number of hydrogen-bond donors (Lipinski definition) is 1. The minimum atomic E-state index is 0.0406. The summed E-state index contributed by atoms with van der Waals surface area (Å²) in [6.45, 7) is 3.32. The molecule has 3 heterocycles. The Morgan fingerprint density at radius 2 is 2.26 bits per heavy atom. The summed E-state index contributed by atoms with van der Waals surface area (Å²) in [5.41, 5.74) is 0.569. The average molecular weight is 264 g/mol. The molecule has 19 heavy (non-hydrogen) atoms. The third-order valence-corrected chi connectivity index (χ3v) is 4.17. The number of ether oxygens (including phenoxy) is 1. The van der Waals surface area contributed by atoms with Crippen LogP contribution < -0.4 is 0 Å². The summed E-state index contributed by atoms with van der Waals surface area (Å²) in [7, 11) is 2.15. The molecule has 1 amide bonds. The highest BCUT2D eigenvalue weighted by Crippen LogP contribution is 2.23. The summed E-state index contributed by atoms with van der Waals surface area (Å²) in [4.78, 5) is 23.4. The fourth-order valence-corrected chi connectivity index (χ4v) is 3.02. The van der Waals surface area contributed by atoms with Gasteiger partial charge in [0.15, 0.2) is 0 Å². The smallest absolute Gasteiger partial charge is 0.271 e. The van der Waals surface area contributed by atoms with Crippen LogP contribution in [0.2, 0.25) is 0 Å². The Morgan fingerprint density at radius 3 is 3.05 bits per heavy atom. The molecular formula is C13H20N4O2. The molecule has 2 atom stereocenters. The lowest BCUT2D eigenvalue weighted by Crippen LogP contribution is -2.49. The van der Waals surface area contributed by atoms with Crippen LogP contribution in [-0.4, -0.2) is 71.1 Å². The first kappa shape index (κ1) is 12.6. The van der Waals surface area contributed by atoms with Gasteiger partial charge in [0.05, 0.1) is 25.2 Å². The maximum atomic E-state index is 12.3. The third kappa shape index (κ3) is 2.50. The Kier molecular flexibility index (Phi) is 3.52. The number of carbonyl (C=O) groups excluding carboxylic acids is 1. The number of hydrogen-bond acceptors (Lipinski definition) is 4. The number of likely N-dealkylation sites (tertiary alicyclic amines) is 1. The van der Waals surface area contributed by atoms with E-state index in [0.29, 0.717) is 11.7 Å². The summed E-state index contributed by atoms with van der Waals surface area (Å²) in [5, 5.41) is 0. The fraction of sp³-hybridized carbons (Fsp3) is 0.692. The first-order valence-corrected chi connectivity index (χ1v) is 6.85. The molecule has 0 radical (unpaired) electrons. The van der Waals surface area contributed by atoms with Crippen molar-refractivity contribution in [1.82, 2.24) is 19.8 Å². The van der Waals surface area contributed by atoms with Crippen molar-refractivity contribution in [2.75, 3.05) is 33.3 Å². The monoisotopic (exact) mass is 264 g/mol. The zero-order valence-electron chi connectivity index (χ0n) is 11.2. The van der Waals surface area contributed by atoms with Gasteiger partial charge >= 0.3 is 0 Å². The molecule has 0 spiro atoms. The molecular weight excluding hydrogens is 244 g/mol. The Balaban J connectivity index is 1.68. The number of fused-ring (bicyclic) bond motifs is 1. The van der Waals surface area contributed by atoms with Crippen molar-refractivity contribution < 1.29 is 9.53 Å². The molecule has 2 saturated heterocycles. The summed E-state index contributed by atoms with van der Waals surface area (Å²) in [6, 6.07) is 0.438. The molecule has 6 nitrogen and oxygen atoms in total. The normalized spacial score (nSPS) is 28.8. The highest BCUT2D eigenvalue weighted by molar-refractivity contribution is 5.92. The van der Waals surface area contributed by atoms with E-state index in [1.807, 2.05) is 4.90 Å². The van der Waals surface area contributed by atoms with E-state index in [4.69, 9.17) is 4.74 Å². The van der Waals surface area contributed by atoms with Gasteiger partial charge in [-0.2, -0.15) is 0 Å². The molecule has 1 aromatic rings. The summed E-state index contributed by atoms with van der Waals surface area (Å²) in [5.74, 6) is 0.0406. The second kappa shape index (κ2) is 5.30. The summed E-state index contributed by atoms with van der Waals surface area (Å²) >= 11 is 0. The molecule has 6 heteroatoms. The molecule has 0 aromatic carbocycles. The highest BCUT2D eigenvalue weighted by Gasteiger charge is 2.34. The fourth-order valence-electron chi connectivity index (χ4n) is 3.02. The van der Waals surface area contributed by atoms with E-state index in [0.717, 1.165) is 39.1 Å². The van der Waals surface area contributed by atoms with Crippen LogP contribution in [0.25, 0.3) is 0 Å². The molecule has 104 valence electrons. The maximum Gasteiger partial charge on any atom is 0.271 e. The number of carbonyl (C=O) groups is 1. The van der Waals surface area contributed by atoms with Crippen LogP contribution in [0.5, 0.6) is 0 Å². The second-order valence-electron chi connectivity index (χ2n) is 5.29. The second-order valence-corrected chi connectivity index (χ2v) is 5.29. The van der Waals surface area contributed by atoms with E-state index in [1.165, 1.54) is 0 Å². The lowest BCUT2D eigenvalue weighted by Gasteiger charge is -2.37. The van der Waals surface area contributed by atoms with E-state index in [1.54, 1.807) is 12.5 Å². The molecule has 2 unspecified atom stereocenters. The first-order valence-electron chi connectivity index (χ1n) is 6.85. The van der Waals surface area contributed by atoms with E-state index >= 15 is 0 Å². The van der Waals surface area contributed by atoms with E-state index < -0.39 is 0 Å². The third-order valence-electron chi connectivity index (χ3n) is 4.17. The van der Waals surface area contributed by atoms with Gasteiger partial charge in [-0.3, -0.25) is 9.69 Å². The molecule has 1 aromatic heterocycles. The summed E-state index contributed by atoms with van der Waals surface area (Å²) < 4.78 is 5.85. The quantitative estimate of drug-likeness (QED) is 0.795. The molecule has 0 saturated carbocycles. The largest absolute Gasteiger partial charge is 0.375 e. The molecule has 1 N–H and O–H groups in total. The van der Waals surface area contributed by atoms with E-state index in [-0.39, 0.29) is 12.0 Å². The van der Waals surface area contributed by atoms with Gasteiger partial charge in [0.25, 0.3) is 5.91 Å². The number of likely N-dealkylation sites (N-methyl/N-ethyl adjacent to an activating group) is 1. The number of imidazole rings is 1. The van der Waals surface area contributed by atoms with Crippen LogP contribution >= 0.6 is 0 Å². The number of nitrogens with zero attached hydrogens (tertiary/aromatic N) is 3. The van der Waals surface area contributed by atoms with Gasteiger partial charge in [-0.05, 0) is 19.9 Å². The van der Waals surface area contributed by atoms with Crippen LogP contribution in [0.15, 0.2) is 12.5 Å². The predicted molar refractivity (Wildman–Crippen MR) is 69.9 cm³/mol. The number of H-pyrrole nitrogens is 1. The Hall–Kier alpha value is -1.40. The summed E-state index contributed by atoms with van der Waals surface area (Å²) in [6.07, 6.45) is 5.28. The van der Waals surface area contributed by atoms with Crippen molar-refractivity contribution in [2.45, 2.75) is 25.0 Å². The number of morpholine rings is 1. The zero-order chi connectivity index (χ0) is 13.2. The van der Waals surface area contributed by atoms with Gasteiger partial charge in [0.2, 0.25) is 0 Å². The molecule has 2 aliphatic rings. The Bertz CT molecular complexity index is 434. The topological polar surface area (TPSA) is 61.5 Å². The Labute approximate surface area is 112 Å². The maximum absolute atomic E-state index is 12.3. The van der Waals surface area contributed by atoms with Gasteiger partial charge in [0, 0.05) is 25.7 Å². The zero-order valence-corrected chi connectivity index (χ0v) is 11.2. The van der Waals surface area contributed by atoms with E-state index in [9.17, 15) is 4.79 Å². The first-order chi connectivity index (χ1) is 9.25. The van der Waals surface area contributed by atoms with Gasteiger partial charge < -0.3 is 14.6 Å². The Morgan fingerprint density at radius 1 is 1.42 bits per heavy atom. The van der Waals surface area contributed by atoms with Gasteiger partial charge in [-0.1, -0.05) is 0 Å². The van der Waals surface area contributed by atoms with Crippen LogP contribution in [0.4, 0.5) is 0 Å². The number of aromatic amines is 1. The van der Waals surface area contributed by atoms with Gasteiger partial charge in [0.1, 0.15) is 5.69 Å². The lowest BCUT2D eigenvalue weighted by atomic mass is 10.0. The highest BCUT2D eigenvalue weighted by atomic mass is 16.5. The molecule has 3 rings (SSSR count).